The predicted octanol–water partition coefficient (Wildman–Crippen LogP) is 7.49. The third-order valence-electron chi connectivity index (χ3n) is 11.5. The molecule has 1 amide bonds. The van der Waals surface area contributed by atoms with E-state index in [1.807, 2.05) is 83.8 Å². The Morgan fingerprint density at radius 2 is 1.76 bits per heavy atom. The maximum atomic E-state index is 13.1. The number of hydrogen-bond acceptors (Lipinski definition) is 6. The number of aromatic nitrogens is 4. The lowest BCUT2D eigenvalue weighted by molar-refractivity contribution is -0.115. The van der Waals surface area contributed by atoms with E-state index in [-0.39, 0.29) is 30.6 Å². The summed E-state index contributed by atoms with van der Waals surface area (Å²) in [7, 11) is -0.333. The Balaban J connectivity index is 1.04. The van der Waals surface area contributed by atoms with Crippen molar-refractivity contribution in [2.24, 2.45) is 5.92 Å². The maximum Gasteiger partial charge on any atom is 0.228 e. The van der Waals surface area contributed by atoms with E-state index in [1.54, 1.807) is 7.11 Å². The van der Waals surface area contributed by atoms with Crippen LogP contribution in [0.4, 0.5) is 5.69 Å². The molecule has 4 aromatic carbocycles. The lowest BCUT2D eigenvalue weighted by Gasteiger charge is -2.36. The molecule has 0 saturated carbocycles. The Hall–Kier alpha value is -5.03. The summed E-state index contributed by atoms with van der Waals surface area (Å²) in [5, 5.41) is 24.8. The molecule has 10 heteroatoms. The van der Waals surface area contributed by atoms with E-state index in [9.17, 15) is 9.90 Å². The van der Waals surface area contributed by atoms with Crippen LogP contribution in [0.5, 0.6) is 5.75 Å². The van der Waals surface area contributed by atoms with Gasteiger partial charge < -0.3 is 24.9 Å². The minimum absolute atomic E-state index is 0.0301. The molecule has 0 bridgehead atoms. The first-order valence-electron chi connectivity index (χ1n) is 19.0. The first-order valence-corrected chi connectivity index (χ1v) is 22.1. The van der Waals surface area contributed by atoms with Crippen LogP contribution < -0.4 is 15.2 Å². The zero-order valence-corrected chi connectivity index (χ0v) is 32.6. The van der Waals surface area contributed by atoms with E-state index >= 15 is 0 Å². The molecule has 2 aromatic heterocycles. The molecule has 9 nitrogen and oxygen atoms in total. The van der Waals surface area contributed by atoms with Crippen molar-refractivity contribution < 1.29 is 19.4 Å². The van der Waals surface area contributed by atoms with E-state index in [4.69, 9.17) is 9.47 Å². The van der Waals surface area contributed by atoms with Crippen LogP contribution in [0.15, 0.2) is 116 Å². The summed E-state index contributed by atoms with van der Waals surface area (Å²) in [5.41, 5.74) is 6.18. The van der Waals surface area contributed by atoms with Crippen LogP contribution in [0.3, 0.4) is 0 Å². The standard InChI is InChI=1S/C44H51N5O4Si/c1-30-41(22-17-31-11-10-14-34(25-31)46-43(51)26-33-27-45-39-16-9-8-15-37(33)39)53-42(44(30)54(3,4)36-20-18-35(52-2)19-21-36)23-24-49-28-40(47-48-49)38(29-50)32-12-6-5-7-13-32/h5-16,18-21,25,27-28,30,38,41-42,44-45,50H,17,22-24,26,29H2,1-4H3,(H,46,51)/t30-,38?,41+,42-,44+/m1/s1. The summed E-state index contributed by atoms with van der Waals surface area (Å²) in [5.74, 6) is 0.963. The molecule has 5 atom stereocenters. The lowest BCUT2D eigenvalue weighted by Crippen LogP contribution is -2.50. The predicted molar refractivity (Wildman–Crippen MR) is 217 cm³/mol. The average molecular weight is 742 g/mol. The van der Waals surface area contributed by atoms with Gasteiger partial charge in [0.25, 0.3) is 0 Å². The number of rotatable bonds is 15. The fourth-order valence-electron chi connectivity index (χ4n) is 8.58. The highest BCUT2D eigenvalue weighted by molar-refractivity contribution is 6.91. The van der Waals surface area contributed by atoms with Crippen molar-refractivity contribution >= 4 is 35.8 Å². The van der Waals surface area contributed by atoms with Crippen LogP contribution in [0.2, 0.25) is 18.6 Å². The first-order chi connectivity index (χ1) is 26.2. The van der Waals surface area contributed by atoms with Gasteiger partial charge in [-0.2, -0.15) is 0 Å². The largest absolute Gasteiger partial charge is 0.497 e. The Morgan fingerprint density at radius 1 is 0.981 bits per heavy atom. The molecule has 0 aliphatic carbocycles. The summed E-state index contributed by atoms with van der Waals surface area (Å²) in [4.78, 5) is 16.3. The number of anilines is 1. The molecule has 6 aromatic rings. The molecule has 1 aliphatic rings. The molecule has 280 valence electrons. The second-order valence-corrected chi connectivity index (χ2v) is 19.9. The van der Waals surface area contributed by atoms with Gasteiger partial charge in [0, 0.05) is 35.5 Å². The smallest absolute Gasteiger partial charge is 0.228 e. The first kappa shape index (κ1) is 37.3. The number of methoxy groups -OCH3 is 1. The van der Waals surface area contributed by atoms with Crippen LogP contribution in [0, 0.1) is 5.92 Å². The van der Waals surface area contributed by atoms with Crippen molar-refractivity contribution in [2.45, 2.75) is 75.9 Å². The number of para-hydroxylation sites is 1. The Bertz CT molecular complexity index is 2150. The highest BCUT2D eigenvalue weighted by atomic mass is 28.3. The van der Waals surface area contributed by atoms with Crippen LogP contribution in [0.1, 0.15) is 48.1 Å². The molecule has 1 aliphatic heterocycles. The monoisotopic (exact) mass is 741 g/mol. The van der Waals surface area contributed by atoms with Gasteiger partial charge in [-0.3, -0.25) is 9.48 Å². The van der Waals surface area contributed by atoms with Gasteiger partial charge in [-0.05, 0) is 77.7 Å². The van der Waals surface area contributed by atoms with Gasteiger partial charge >= 0.3 is 0 Å². The van der Waals surface area contributed by atoms with Crippen molar-refractivity contribution in [2.75, 3.05) is 19.0 Å². The topological polar surface area (TPSA) is 114 Å². The normalized spacial score (nSPS) is 19.2. The van der Waals surface area contributed by atoms with E-state index < -0.39 is 8.07 Å². The lowest BCUT2D eigenvalue weighted by atomic mass is 9.95. The van der Waals surface area contributed by atoms with E-state index in [0.717, 1.165) is 58.4 Å². The Kier molecular flexibility index (Phi) is 11.4. The summed E-state index contributed by atoms with van der Waals surface area (Å²) in [6, 6.07) is 34.9. The number of carbonyl (C=O) groups is 1. The van der Waals surface area contributed by atoms with Crippen LogP contribution in [-0.4, -0.2) is 65.0 Å². The van der Waals surface area contributed by atoms with Gasteiger partial charge in [0.1, 0.15) is 5.75 Å². The van der Waals surface area contributed by atoms with Crippen LogP contribution in [-0.2, 0) is 28.9 Å². The number of ether oxygens (including phenoxy) is 2. The summed E-state index contributed by atoms with van der Waals surface area (Å²) < 4.78 is 14.4. The third kappa shape index (κ3) is 8.21. The van der Waals surface area contributed by atoms with Gasteiger partial charge in [-0.15, -0.1) is 5.10 Å². The van der Waals surface area contributed by atoms with Crippen molar-refractivity contribution in [3.05, 3.63) is 138 Å². The number of fused-ring (bicyclic) bond motifs is 1. The molecule has 0 spiro atoms. The molecular weight excluding hydrogens is 691 g/mol. The quantitative estimate of drug-likeness (QED) is 0.0941. The average Bonchev–Trinajstić information content (AvgIpc) is 3.91. The van der Waals surface area contributed by atoms with Crippen LogP contribution in [0.25, 0.3) is 10.9 Å². The SMILES string of the molecule is COc1ccc([Si](C)(C)[C@H]2[C@H](C)[C@H](CCc3cccc(NC(=O)Cc4c[nH]c5ccccc45)c3)O[C@@H]2CCn2cc(C(CO)c3ccccc3)nn2)cc1. The van der Waals surface area contributed by atoms with E-state index in [1.165, 1.54) is 10.8 Å². The molecule has 1 fully saturated rings. The molecular formula is C44H51N5O4Si. The van der Waals surface area contributed by atoms with Crippen LogP contribution >= 0.6 is 0 Å². The summed E-state index contributed by atoms with van der Waals surface area (Å²) in [6.07, 6.45) is 6.89. The van der Waals surface area contributed by atoms with Gasteiger partial charge in [-0.25, -0.2) is 0 Å². The number of aliphatic hydroxyl groups is 1. The van der Waals surface area contributed by atoms with Crippen molar-refractivity contribution in [3.63, 3.8) is 0 Å². The molecule has 1 saturated heterocycles. The molecule has 1 unspecified atom stereocenters. The number of benzene rings is 4. The number of aryl methyl sites for hydroxylation is 2. The number of carbonyl (C=O) groups excluding carboxylic acids is 1. The number of hydrogen-bond donors (Lipinski definition) is 3. The zero-order chi connectivity index (χ0) is 37.7. The number of nitrogens with one attached hydrogen (secondary N) is 2. The number of amides is 1. The second kappa shape index (κ2) is 16.5. The fourth-order valence-corrected chi connectivity index (χ4v) is 12.7. The molecule has 54 heavy (non-hydrogen) atoms. The van der Waals surface area contributed by atoms with Crippen molar-refractivity contribution in [3.8, 4) is 5.75 Å². The maximum absolute atomic E-state index is 13.1. The second-order valence-electron chi connectivity index (χ2n) is 15.2. The number of aromatic amines is 1. The minimum Gasteiger partial charge on any atom is -0.497 e. The Morgan fingerprint density at radius 3 is 2.54 bits per heavy atom. The molecule has 3 heterocycles. The van der Waals surface area contributed by atoms with Crippen molar-refractivity contribution in [1.82, 2.24) is 20.0 Å². The minimum atomic E-state index is -2.04. The van der Waals surface area contributed by atoms with Gasteiger partial charge in [0.2, 0.25) is 5.91 Å². The van der Waals surface area contributed by atoms with E-state index in [0.29, 0.717) is 24.4 Å². The highest BCUT2D eigenvalue weighted by Gasteiger charge is 2.50. The molecule has 0 radical (unpaired) electrons. The van der Waals surface area contributed by atoms with Gasteiger partial charge in [-0.1, -0.05) is 103 Å². The fraction of sp³-hybridized carbons (Fsp3) is 0.341. The Labute approximate surface area is 318 Å². The number of nitrogens with zero attached hydrogens (tertiary/aromatic N) is 3. The molecule has 3 N–H and O–H groups in total. The highest BCUT2D eigenvalue weighted by Crippen LogP contribution is 2.46. The third-order valence-corrected chi connectivity index (χ3v) is 15.9. The summed E-state index contributed by atoms with van der Waals surface area (Å²) in [6.45, 7) is 7.95. The van der Waals surface area contributed by atoms with Crippen molar-refractivity contribution in [1.29, 1.82) is 0 Å². The summed E-state index contributed by atoms with van der Waals surface area (Å²) >= 11 is 0. The zero-order valence-electron chi connectivity index (χ0n) is 31.6. The number of aliphatic hydroxyl groups excluding tert-OH is 1. The van der Waals surface area contributed by atoms with Gasteiger partial charge in [0.15, 0.2) is 0 Å². The van der Waals surface area contributed by atoms with Gasteiger partial charge in [0.05, 0.1) is 52.0 Å². The molecule has 7 rings (SSSR count). The number of H-pyrrole nitrogens is 1. The van der Waals surface area contributed by atoms with E-state index in [2.05, 4.69) is 77.0 Å².